The Labute approximate surface area is 118 Å². The zero-order valence-electron chi connectivity index (χ0n) is 9.89. The Morgan fingerprint density at radius 1 is 1.39 bits per heavy atom. The smallest absolute Gasteiger partial charge is 0.220 e. The normalized spacial score (nSPS) is 17.8. The number of hydrogen-bond acceptors (Lipinski definition) is 4. The van der Waals surface area contributed by atoms with Crippen LogP contribution < -0.4 is 5.73 Å². The Morgan fingerprint density at radius 2 is 2.06 bits per heavy atom. The minimum atomic E-state index is -0.219. The summed E-state index contributed by atoms with van der Waals surface area (Å²) in [5.41, 5.74) is 5.28. The summed E-state index contributed by atoms with van der Waals surface area (Å²) in [6.45, 7) is 1.97. The third-order valence-electron chi connectivity index (χ3n) is 3.21. The molecule has 0 unspecified atom stereocenters. The third-order valence-corrected chi connectivity index (χ3v) is 4.87. The second kappa shape index (κ2) is 5.95. The predicted octanol–water partition coefficient (Wildman–Crippen LogP) is 1.89. The fraction of sp³-hybridized carbons (Fsp3) is 0.500. The van der Waals surface area contributed by atoms with Crippen molar-refractivity contribution in [1.82, 2.24) is 4.90 Å². The van der Waals surface area contributed by atoms with Gasteiger partial charge in [-0.3, -0.25) is 14.5 Å². The van der Waals surface area contributed by atoms with Crippen molar-refractivity contribution < 1.29 is 9.59 Å². The van der Waals surface area contributed by atoms with Gasteiger partial charge in [0.05, 0.1) is 15.2 Å². The van der Waals surface area contributed by atoms with Crippen LogP contribution >= 0.6 is 27.3 Å². The number of ketones is 1. The summed E-state index contributed by atoms with van der Waals surface area (Å²) in [6.07, 6.45) is 1.52. The van der Waals surface area contributed by atoms with E-state index in [2.05, 4.69) is 20.8 Å². The first-order valence-electron chi connectivity index (χ1n) is 5.86. The number of hydrogen-bond donors (Lipinski definition) is 1. The zero-order chi connectivity index (χ0) is 13.1. The Balaban J connectivity index is 1.85. The number of Topliss-reactive ketones (excluding diaryl/α,β-unsaturated/α-hetero) is 1. The monoisotopic (exact) mass is 330 g/mol. The lowest BCUT2D eigenvalue weighted by Crippen LogP contribution is -2.40. The summed E-state index contributed by atoms with van der Waals surface area (Å²) in [6, 6.07) is 3.73. The van der Waals surface area contributed by atoms with Gasteiger partial charge < -0.3 is 5.73 Å². The van der Waals surface area contributed by atoms with Gasteiger partial charge in [0.15, 0.2) is 5.78 Å². The van der Waals surface area contributed by atoms with Gasteiger partial charge in [-0.25, -0.2) is 0 Å². The molecule has 1 amide bonds. The number of carbonyl (C=O) groups excluding carboxylic acids is 2. The molecule has 1 aliphatic rings. The zero-order valence-corrected chi connectivity index (χ0v) is 12.3. The van der Waals surface area contributed by atoms with Crippen LogP contribution in [0.5, 0.6) is 0 Å². The van der Waals surface area contributed by atoms with Crippen molar-refractivity contribution in [3.05, 3.63) is 20.8 Å². The van der Waals surface area contributed by atoms with E-state index in [1.54, 1.807) is 0 Å². The van der Waals surface area contributed by atoms with Crippen molar-refractivity contribution >= 4 is 39.0 Å². The highest BCUT2D eigenvalue weighted by atomic mass is 79.9. The number of amides is 1. The molecule has 0 atom stereocenters. The standard InChI is InChI=1S/C12H15BrN2O2S/c13-11-2-1-10(18-11)9(16)7-15-5-3-8(4-6-15)12(14)17/h1-2,8H,3-7H2,(H2,14,17). The first-order valence-corrected chi connectivity index (χ1v) is 7.47. The van der Waals surface area contributed by atoms with Gasteiger partial charge in [-0.15, -0.1) is 11.3 Å². The van der Waals surface area contributed by atoms with E-state index in [0.29, 0.717) is 6.54 Å². The summed E-state index contributed by atoms with van der Waals surface area (Å²) >= 11 is 4.81. The molecule has 18 heavy (non-hydrogen) atoms. The first-order chi connectivity index (χ1) is 8.56. The summed E-state index contributed by atoms with van der Waals surface area (Å²) in [7, 11) is 0. The molecule has 0 saturated carbocycles. The summed E-state index contributed by atoms with van der Waals surface area (Å²) in [5.74, 6) is -0.0985. The molecule has 6 heteroatoms. The number of rotatable bonds is 4. The Bertz CT molecular complexity index is 453. The van der Waals surface area contributed by atoms with Gasteiger partial charge >= 0.3 is 0 Å². The minimum Gasteiger partial charge on any atom is -0.369 e. The molecule has 0 aliphatic carbocycles. The van der Waals surface area contributed by atoms with Gasteiger partial charge in [0.1, 0.15) is 0 Å². The number of likely N-dealkylation sites (tertiary alicyclic amines) is 1. The number of halogens is 1. The van der Waals surface area contributed by atoms with Crippen LogP contribution in [0.2, 0.25) is 0 Å². The lowest BCUT2D eigenvalue weighted by Gasteiger charge is -2.29. The minimum absolute atomic E-state index is 0.0211. The van der Waals surface area contributed by atoms with E-state index in [0.717, 1.165) is 34.6 Å². The predicted molar refractivity (Wildman–Crippen MR) is 74.7 cm³/mol. The second-order valence-electron chi connectivity index (χ2n) is 4.48. The summed E-state index contributed by atoms with van der Waals surface area (Å²) in [4.78, 5) is 25.9. The Kier molecular flexibility index (Phi) is 4.53. The molecule has 1 aromatic heterocycles. The maximum atomic E-state index is 12.0. The van der Waals surface area contributed by atoms with E-state index < -0.39 is 0 Å². The topological polar surface area (TPSA) is 63.4 Å². The number of carbonyl (C=O) groups is 2. The Morgan fingerprint density at radius 3 is 2.56 bits per heavy atom. The second-order valence-corrected chi connectivity index (χ2v) is 6.94. The van der Waals surface area contributed by atoms with Crippen LogP contribution in [0.1, 0.15) is 22.5 Å². The first kappa shape index (κ1) is 13.7. The molecule has 1 saturated heterocycles. The van der Waals surface area contributed by atoms with Gasteiger partial charge in [0.25, 0.3) is 0 Å². The van der Waals surface area contributed by atoms with Crippen molar-refractivity contribution in [3.63, 3.8) is 0 Å². The van der Waals surface area contributed by atoms with Gasteiger partial charge in [-0.05, 0) is 54.0 Å². The van der Waals surface area contributed by atoms with Gasteiger partial charge in [0, 0.05) is 5.92 Å². The number of nitrogens with zero attached hydrogens (tertiary/aromatic N) is 1. The number of piperidine rings is 1. The Hall–Kier alpha value is -0.720. The van der Waals surface area contributed by atoms with Crippen LogP contribution in [0.25, 0.3) is 0 Å². The molecule has 2 N–H and O–H groups in total. The fourth-order valence-electron chi connectivity index (χ4n) is 2.12. The molecule has 2 rings (SSSR count). The van der Waals surface area contributed by atoms with E-state index in [-0.39, 0.29) is 17.6 Å². The van der Waals surface area contributed by atoms with E-state index >= 15 is 0 Å². The fourth-order valence-corrected chi connectivity index (χ4v) is 3.44. The van der Waals surface area contributed by atoms with Crippen molar-refractivity contribution in [2.45, 2.75) is 12.8 Å². The van der Waals surface area contributed by atoms with Crippen LogP contribution in [0, 0.1) is 5.92 Å². The van der Waals surface area contributed by atoms with E-state index in [4.69, 9.17) is 5.73 Å². The van der Waals surface area contributed by atoms with Crippen LogP contribution in [-0.2, 0) is 4.79 Å². The van der Waals surface area contributed by atoms with Crippen molar-refractivity contribution in [1.29, 1.82) is 0 Å². The summed E-state index contributed by atoms with van der Waals surface area (Å²) < 4.78 is 0.971. The molecule has 98 valence electrons. The van der Waals surface area contributed by atoms with Crippen molar-refractivity contribution in [3.8, 4) is 0 Å². The molecule has 1 aromatic rings. The third kappa shape index (κ3) is 3.40. The highest BCUT2D eigenvalue weighted by Gasteiger charge is 2.24. The quantitative estimate of drug-likeness (QED) is 0.857. The molecule has 0 radical (unpaired) electrons. The van der Waals surface area contributed by atoms with Gasteiger partial charge in [-0.2, -0.15) is 0 Å². The number of thiophene rings is 1. The van der Waals surface area contributed by atoms with Crippen LogP contribution in [0.15, 0.2) is 15.9 Å². The lowest BCUT2D eigenvalue weighted by molar-refractivity contribution is -0.123. The molecule has 0 bridgehead atoms. The molecule has 0 aromatic carbocycles. The summed E-state index contributed by atoms with van der Waals surface area (Å²) in [5, 5.41) is 0. The molecule has 1 fully saturated rings. The molecule has 4 nitrogen and oxygen atoms in total. The van der Waals surface area contributed by atoms with Gasteiger partial charge in [0.2, 0.25) is 5.91 Å². The largest absolute Gasteiger partial charge is 0.369 e. The van der Waals surface area contributed by atoms with E-state index in [9.17, 15) is 9.59 Å². The van der Waals surface area contributed by atoms with Crippen molar-refractivity contribution in [2.75, 3.05) is 19.6 Å². The average Bonchev–Trinajstić information content (AvgIpc) is 2.76. The highest BCUT2D eigenvalue weighted by Crippen LogP contribution is 2.23. The molecular formula is C12H15BrN2O2S. The maximum absolute atomic E-state index is 12.0. The van der Waals surface area contributed by atoms with Crippen molar-refractivity contribution in [2.24, 2.45) is 11.7 Å². The van der Waals surface area contributed by atoms with Crippen LogP contribution in [-0.4, -0.2) is 36.2 Å². The van der Waals surface area contributed by atoms with Gasteiger partial charge in [-0.1, -0.05) is 0 Å². The maximum Gasteiger partial charge on any atom is 0.220 e. The van der Waals surface area contributed by atoms with E-state index in [1.807, 2.05) is 12.1 Å². The van der Waals surface area contributed by atoms with Crippen LogP contribution in [0.4, 0.5) is 0 Å². The molecular weight excluding hydrogens is 316 g/mol. The SMILES string of the molecule is NC(=O)C1CCN(CC(=O)c2ccc(Br)s2)CC1. The average molecular weight is 331 g/mol. The van der Waals surface area contributed by atoms with E-state index in [1.165, 1.54) is 11.3 Å². The van der Waals surface area contributed by atoms with Crippen LogP contribution in [0.3, 0.4) is 0 Å². The lowest BCUT2D eigenvalue weighted by atomic mass is 9.96. The number of primary amides is 1. The molecule has 0 spiro atoms. The highest BCUT2D eigenvalue weighted by molar-refractivity contribution is 9.11. The molecule has 1 aliphatic heterocycles. The molecule has 2 heterocycles. The number of nitrogens with two attached hydrogens (primary N) is 1.